The second kappa shape index (κ2) is 7.77. The number of nitrogens with zero attached hydrogens (tertiary/aromatic N) is 1. The molecule has 0 radical (unpaired) electrons. The zero-order valence-electron chi connectivity index (χ0n) is 14.1. The molecule has 0 atom stereocenters. The Balaban J connectivity index is 1.92. The van der Waals surface area contributed by atoms with Crippen LogP contribution in [0, 0.1) is 0 Å². The molecule has 3 rings (SSSR count). The summed E-state index contributed by atoms with van der Waals surface area (Å²) in [5, 5.41) is 0. The number of hydrogen-bond donors (Lipinski definition) is 1. The van der Waals surface area contributed by atoms with Crippen molar-refractivity contribution < 1.29 is 31.1 Å². The number of ether oxygens (including phenoxy) is 2. The Bertz CT molecular complexity index is 1060. The van der Waals surface area contributed by atoms with Crippen molar-refractivity contribution in [1.82, 2.24) is 4.98 Å². The Labute approximate surface area is 158 Å². The maximum atomic E-state index is 12.7. The van der Waals surface area contributed by atoms with Crippen LogP contribution >= 0.6 is 0 Å². The third-order valence-corrected chi connectivity index (χ3v) is 4.74. The SMILES string of the molecule is O=S(=O)(Nc1cccnc1Oc1ccccc1)c1ccccc1OC(F)(F)F. The minimum absolute atomic E-state index is 0.0480. The van der Waals surface area contributed by atoms with Gasteiger partial charge in [0.25, 0.3) is 10.0 Å². The summed E-state index contributed by atoms with van der Waals surface area (Å²) in [4.78, 5) is 3.29. The van der Waals surface area contributed by atoms with E-state index in [1.54, 1.807) is 30.3 Å². The van der Waals surface area contributed by atoms with E-state index in [1.807, 2.05) is 0 Å². The van der Waals surface area contributed by atoms with Crippen LogP contribution in [0.2, 0.25) is 0 Å². The molecular weight excluding hydrogens is 397 g/mol. The van der Waals surface area contributed by atoms with Crippen LogP contribution in [0.4, 0.5) is 18.9 Å². The molecule has 1 aromatic heterocycles. The van der Waals surface area contributed by atoms with E-state index in [9.17, 15) is 21.6 Å². The molecule has 0 amide bonds. The van der Waals surface area contributed by atoms with E-state index >= 15 is 0 Å². The summed E-state index contributed by atoms with van der Waals surface area (Å²) >= 11 is 0. The minimum atomic E-state index is -5.04. The van der Waals surface area contributed by atoms with Crippen molar-refractivity contribution in [2.45, 2.75) is 11.3 Å². The van der Waals surface area contributed by atoms with Crippen LogP contribution in [-0.2, 0) is 10.0 Å². The first kappa shape index (κ1) is 19.5. The predicted octanol–water partition coefficient (Wildman–Crippen LogP) is 4.57. The van der Waals surface area contributed by atoms with Gasteiger partial charge in [0.1, 0.15) is 22.1 Å². The summed E-state index contributed by atoms with van der Waals surface area (Å²) in [5.74, 6) is -0.508. The predicted molar refractivity (Wildman–Crippen MR) is 94.7 cm³/mol. The van der Waals surface area contributed by atoms with E-state index in [-0.39, 0.29) is 11.6 Å². The highest BCUT2D eigenvalue weighted by Gasteiger charge is 2.34. The molecule has 2 aromatic carbocycles. The average Bonchev–Trinajstić information content (AvgIpc) is 2.63. The van der Waals surface area contributed by atoms with Gasteiger partial charge in [0, 0.05) is 6.20 Å². The van der Waals surface area contributed by atoms with Crippen molar-refractivity contribution in [3.63, 3.8) is 0 Å². The molecule has 0 aliphatic heterocycles. The highest BCUT2D eigenvalue weighted by Crippen LogP contribution is 2.33. The van der Waals surface area contributed by atoms with Gasteiger partial charge in [0.2, 0.25) is 5.88 Å². The monoisotopic (exact) mass is 410 g/mol. The number of aromatic nitrogens is 1. The number of rotatable bonds is 6. The van der Waals surface area contributed by atoms with Gasteiger partial charge < -0.3 is 9.47 Å². The summed E-state index contributed by atoms with van der Waals surface area (Å²) in [6.07, 6.45) is -3.65. The van der Waals surface area contributed by atoms with Crippen LogP contribution in [-0.4, -0.2) is 19.8 Å². The summed E-state index contributed by atoms with van der Waals surface area (Å²) in [5.41, 5.74) is -0.0480. The number of sulfonamides is 1. The number of pyridine rings is 1. The molecule has 146 valence electrons. The van der Waals surface area contributed by atoms with Gasteiger partial charge in [-0.1, -0.05) is 30.3 Å². The summed E-state index contributed by atoms with van der Waals surface area (Å²) in [6, 6.07) is 15.7. The molecule has 0 aliphatic carbocycles. The smallest absolute Gasteiger partial charge is 0.437 e. The van der Waals surface area contributed by atoms with Gasteiger partial charge >= 0.3 is 6.36 Å². The van der Waals surface area contributed by atoms with E-state index in [0.29, 0.717) is 5.75 Å². The first-order valence-corrected chi connectivity index (χ1v) is 9.28. The van der Waals surface area contributed by atoms with Gasteiger partial charge in [-0.2, -0.15) is 0 Å². The third-order valence-electron chi connectivity index (χ3n) is 3.34. The Morgan fingerprint density at radius 1 is 0.893 bits per heavy atom. The number of benzene rings is 2. The molecule has 0 bridgehead atoms. The van der Waals surface area contributed by atoms with E-state index in [0.717, 1.165) is 12.1 Å². The highest BCUT2D eigenvalue weighted by molar-refractivity contribution is 7.92. The van der Waals surface area contributed by atoms with Crippen LogP contribution < -0.4 is 14.2 Å². The maximum Gasteiger partial charge on any atom is 0.573 e. The van der Waals surface area contributed by atoms with Crippen LogP contribution in [0.25, 0.3) is 0 Å². The van der Waals surface area contributed by atoms with Gasteiger partial charge in [-0.3, -0.25) is 4.72 Å². The highest BCUT2D eigenvalue weighted by atomic mass is 32.2. The molecular formula is C18H13F3N2O4S. The minimum Gasteiger partial charge on any atom is -0.437 e. The first-order valence-electron chi connectivity index (χ1n) is 7.80. The van der Waals surface area contributed by atoms with E-state index in [2.05, 4.69) is 14.4 Å². The van der Waals surface area contributed by atoms with Crippen LogP contribution in [0.15, 0.2) is 77.8 Å². The zero-order valence-corrected chi connectivity index (χ0v) is 14.9. The van der Waals surface area contributed by atoms with E-state index in [4.69, 9.17) is 4.74 Å². The van der Waals surface area contributed by atoms with Crippen molar-refractivity contribution >= 4 is 15.7 Å². The lowest BCUT2D eigenvalue weighted by Gasteiger charge is -2.15. The molecule has 3 aromatic rings. The number of para-hydroxylation sites is 2. The number of nitrogens with one attached hydrogen (secondary N) is 1. The van der Waals surface area contributed by atoms with Crippen LogP contribution in [0.3, 0.4) is 0 Å². The van der Waals surface area contributed by atoms with Crippen molar-refractivity contribution in [3.8, 4) is 17.4 Å². The fraction of sp³-hybridized carbons (Fsp3) is 0.0556. The molecule has 0 unspecified atom stereocenters. The van der Waals surface area contributed by atoms with Crippen molar-refractivity contribution in [2.24, 2.45) is 0 Å². The molecule has 0 aliphatic rings. The number of alkyl halides is 3. The maximum absolute atomic E-state index is 12.7. The van der Waals surface area contributed by atoms with Gasteiger partial charge in [0.05, 0.1) is 0 Å². The molecule has 1 N–H and O–H groups in total. The lowest BCUT2D eigenvalue weighted by molar-refractivity contribution is -0.275. The fourth-order valence-corrected chi connectivity index (χ4v) is 3.42. The summed E-state index contributed by atoms with van der Waals surface area (Å²) in [6.45, 7) is 0. The number of anilines is 1. The fourth-order valence-electron chi connectivity index (χ4n) is 2.23. The van der Waals surface area contributed by atoms with E-state index < -0.39 is 27.0 Å². The van der Waals surface area contributed by atoms with Crippen molar-refractivity contribution in [3.05, 3.63) is 72.9 Å². The molecule has 1 heterocycles. The molecule has 10 heteroatoms. The lowest BCUT2D eigenvalue weighted by Crippen LogP contribution is -2.21. The topological polar surface area (TPSA) is 77.5 Å². The molecule has 0 saturated carbocycles. The van der Waals surface area contributed by atoms with Crippen LogP contribution in [0.5, 0.6) is 17.4 Å². The number of hydrogen-bond acceptors (Lipinski definition) is 5. The van der Waals surface area contributed by atoms with Crippen LogP contribution in [0.1, 0.15) is 0 Å². The average molecular weight is 410 g/mol. The molecule has 0 spiro atoms. The standard InChI is InChI=1S/C18H13F3N2O4S/c19-18(20,21)27-15-10-4-5-11-16(15)28(24,25)23-14-9-6-12-22-17(14)26-13-7-2-1-3-8-13/h1-12,23H. The van der Waals surface area contributed by atoms with Gasteiger partial charge in [0.15, 0.2) is 0 Å². The number of halogens is 3. The van der Waals surface area contributed by atoms with Gasteiger partial charge in [-0.15, -0.1) is 13.2 Å². The summed E-state index contributed by atoms with van der Waals surface area (Å²) in [7, 11) is -4.43. The largest absolute Gasteiger partial charge is 0.573 e. The normalized spacial score (nSPS) is 11.7. The molecule has 0 fully saturated rings. The molecule has 28 heavy (non-hydrogen) atoms. The molecule has 0 saturated heterocycles. The quantitative estimate of drug-likeness (QED) is 0.644. The Kier molecular flexibility index (Phi) is 5.41. The van der Waals surface area contributed by atoms with Crippen molar-refractivity contribution in [1.29, 1.82) is 0 Å². The Morgan fingerprint density at radius 3 is 2.29 bits per heavy atom. The van der Waals surface area contributed by atoms with Crippen molar-refractivity contribution in [2.75, 3.05) is 4.72 Å². The molecule has 6 nitrogen and oxygen atoms in total. The Hall–Kier alpha value is -3.27. The van der Waals surface area contributed by atoms with Gasteiger partial charge in [-0.05, 0) is 36.4 Å². The second-order valence-electron chi connectivity index (χ2n) is 5.37. The Morgan fingerprint density at radius 2 is 1.57 bits per heavy atom. The summed E-state index contributed by atoms with van der Waals surface area (Å²) < 4.78 is 74.6. The van der Waals surface area contributed by atoms with E-state index in [1.165, 1.54) is 30.5 Å². The van der Waals surface area contributed by atoms with Gasteiger partial charge in [-0.25, -0.2) is 13.4 Å². The third kappa shape index (κ3) is 4.92. The zero-order chi connectivity index (χ0) is 20.2. The second-order valence-corrected chi connectivity index (χ2v) is 7.02. The lowest BCUT2D eigenvalue weighted by atomic mass is 10.3. The first-order chi connectivity index (χ1) is 13.2.